The minimum Gasteiger partial charge on any atom is -0.347 e. The Morgan fingerprint density at radius 1 is 1.22 bits per heavy atom. The number of aryl methyl sites for hydroxylation is 1. The number of fused-ring (bicyclic) bond motifs is 2. The third-order valence-corrected chi connectivity index (χ3v) is 5.73. The molecule has 0 bridgehead atoms. The van der Waals surface area contributed by atoms with Crippen LogP contribution < -0.4 is 4.90 Å². The van der Waals surface area contributed by atoms with Crippen molar-refractivity contribution in [3.05, 3.63) is 59.4 Å². The van der Waals surface area contributed by atoms with Crippen LogP contribution in [-0.4, -0.2) is 48.0 Å². The van der Waals surface area contributed by atoms with E-state index < -0.39 is 0 Å². The molecule has 1 aliphatic carbocycles. The number of carbonyl (C=O) groups excluding carboxylic acids is 1. The van der Waals surface area contributed by atoms with Crippen LogP contribution in [0.1, 0.15) is 36.1 Å². The van der Waals surface area contributed by atoms with Crippen molar-refractivity contribution in [1.82, 2.24) is 14.9 Å². The molecule has 140 valence electrons. The van der Waals surface area contributed by atoms with Gasteiger partial charge in [-0.1, -0.05) is 30.3 Å². The highest BCUT2D eigenvalue weighted by atomic mass is 16.2. The predicted molar refractivity (Wildman–Crippen MR) is 108 cm³/mol. The molecule has 5 nitrogen and oxygen atoms in total. The van der Waals surface area contributed by atoms with Crippen molar-refractivity contribution in [2.75, 3.05) is 32.1 Å². The molecule has 1 spiro atoms. The highest BCUT2D eigenvalue weighted by Gasteiger charge is 2.44. The average Bonchev–Trinajstić information content (AvgIpc) is 3.04. The zero-order valence-corrected chi connectivity index (χ0v) is 16.1. The summed E-state index contributed by atoms with van der Waals surface area (Å²) in [4.78, 5) is 26.1. The van der Waals surface area contributed by atoms with Gasteiger partial charge in [-0.05, 0) is 42.9 Å². The first-order valence-electron chi connectivity index (χ1n) is 9.63. The van der Waals surface area contributed by atoms with Gasteiger partial charge in [0.2, 0.25) is 11.9 Å². The van der Waals surface area contributed by atoms with E-state index >= 15 is 0 Å². The number of rotatable bonds is 3. The van der Waals surface area contributed by atoms with Crippen LogP contribution in [0.4, 0.5) is 5.95 Å². The molecule has 5 heteroatoms. The Morgan fingerprint density at radius 3 is 2.81 bits per heavy atom. The maximum absolute atomic E-state index is 12.8. The molecule has 1 saturated heterocycles. The van der Waals surface area contributed by atoms with Gasteiger partial charge in [-0.2, -0.15) is 0 Å². The van der Waals surface area contributed by atoms with Crippen molar-refractivity contribution in [2.24, 2.45) is 0 Å². The number of carbonyl (C=O) groups is 1. The largest absolute Gasteiger partial charge is 0.347 e. The Hall–Kier alpha value is -2.69. The molecule has 2 aliphatic rings. The van der Waals surface area contributed by atoms with Gasteiger partial charge in [0.05, 0.1) is 5.69 Å². The van der Waals surface area contributed by atoms with Gasteiger partial charge in [-0.25, -0.2) is 9.97 Å². The van der Waals surface area contributed by atoms with Gasteiger partial charge < -0.3 is 9.80 Å². The number of aromatic nitrogens is 2. The lowest BCUT2D eigenvalue weighted by atomic mass is 9.77. The second-order valence-corrected chi connectivity index (χ2v) is 7.83. The van der Waals surface area contributed by atoms with E-state index in [1.807, 2.05) is 66.5 Å². The van der Waals surface area contributed by atoms with Crippen molar-refractivity contribution in [1.29, 1.82) is 0 Å². The first-order valence-corrected chi connectivity index (χ1v) is 9.63. The summed E-state index contributed by atoms with van der Waals surface area (Å²) in [5, 5.41) is 0. The molecule has 1 unspecified atom stereocenters. The third-order valence-electron chi connectivity index (χ3n) is 5.73. The number of benzene rings is 1. The summed E-state index contributed by atoms with van der Waals surface area (Å²) < 4.78 is 0. The summed E-state index contributed by atoms with van der Waals surface area (Å²) in [6.45, 7) is 1.57. The van der Waals surface area contributed by atoms with Gasteiger partial charge in [0.1, 0.15) is 0 Å². The molecule has 2 aromatic rings. The normalized spacial score (nSPS) is 21.6. The van der Waals surface area contributed by atoms with Crippen molar-refractivity contribution in [3.63, 3.8) is 0 Å². The summed E-state index contributed by atoms with van der Waals surface area (Å²) in [5.74, 6) is 0.843. The zero-order valence-electron chi connectivity index (χ0n) is 16.1. The highest BCUT2D eigenvalue weighted by molar-refractivity contribution is 5.92. The van der Waals surface area contributed by atoms with Crippen LogP contribution in [0.2, 0.25) is 0 Å². The maximum atomic E-state index is 12.8. The van der Waals surface area contributed by atoms with E-state index in [1.165, 1.54) is 5.56 Å². The summed E-state index contributed by atoms with van der Waals surface area (Å²) in [5.41, 5.74) is 3.44. The van der Waals surface area contributed by atoms with Crippen LogP contribution in [0.15, 0.2) is 42.6 Å². The monoisotopic (exact) mass is 362 g/mol. The predicted octanol–water partition coefficient (Wildman–Crippen LogP) is 3.06. The number of hydrogen-bond donors (Lipinski definition) is 0. The van der Waals surface area contributed by atoms with Crippen LogP contribution in [0.3, 0.4) is 0 Å². The van der Waals surface area contributed by atoms with Crippen LogP contribution in [-0.2, 0) is 16.6 Å². The minimum absolute atomic E-state index is 0.0163. The molecule has 0 radical (unpaired) electrons. The Labute approximate surface area is 160 Å². The molecule has 2 heterocycles. The first-order chi connectivity index (χ1) is 13.1. The highest BCUT2D eigenvalue weighted by Crippen LogP contribution is 2.44. The van der Waals surface area contributed by atoms with Crippen molar-refractivity contribution in [3.8, 4) is 0 Å². The molecule has 4 rings (SSSR count). The van der Waals surface area contributed by atoms with Crippen molar-refractivity contribution in [2.45, 2.75) is 31.1 Å². The maximum Gasteiger partial charge on any atom is 0.246 e. The van der Waals surface area contributed by atoms with E-state index in [0.29, 0.717) is 0 Å². The lowest BCUT2D eigenvalue weighted by Gasteiger charge is -2.40. The molecule has 1 atom stereocenters. The van der Waals surface area contributed by atoms with E-state index in [-0.39, 0.29) is 11.3 Å². The molecule has 1 aliphatic heterocycles. The Morgan fingerprint density at radius 2 is 2.04 bits per heavy atom. The van der Waals surface area contributed by atoms with E-state index in [1.54, 1.807) is 6.08 Å². The number of piperidine rings is 1. The fourth-order valence-corrected chi connectivity index (χ4v) is 4.30. The molecule has 1 aromatic heterocycles. The minimum atomic E-state index is -0.0163. The number of hydrogen-bond acceptors (Lipinski definition) is 4. The molecular formula is C22H26N4O. The first kappa shape index (κ1) is 17.7. The average molecular weight is 362 g/mol. The molecule has 1 amide bonds. The Balaban J connectivity index is 1.55. The fourth-order valence-electron chi connectivity index (χ4n) is 4.30. The Bertz CT molecular complexity index is 858. The van der Waals surface area contributed by atoms with E-state index in [2.05, 4.69) is 4.98 Å². The zero-order chi connectivity index (χ0) is 18.9. The van der Waals surface area contributed by atoms with Crippen LogP contribution >= 0.6 is 0 Å². The lowest BCUT2D eigenvalue weighted by molar-refractivity contribution is -0.128. The summed E-state index contributed by atoms with van der Waals surface area (Å²) in [7, 11) is 3.93. The molecular weight excluding hydrogens is 336 g/mol. The van der Waals surface area contributed by atoms with Crippen molar-refractivity contribution >= 4 is 17.9 Å². The van der Waals surface area contributed by atoms with E-state index in [9.17, 15) is 4.79 Å². The number of nitrogens with zero attached hydrogens (tertiary/aromatic N) is 4. The topological polar surface area (TPSA) is 49.3 Å². The molecule has 1 aromatic carbocycles. The van der Waals surface area contributed by atoms with E-state index in [0.717, 1.165) is 56.0 Å². The van der Waals surface area contributed by atoms with Gasteiger partial charge >= 0.3 is 0 Å². The molecule has 1 fully saturated rings. The van der Waals surface area contributed by atoms with Crippen LogP contribution in [0.25, 0.3) is 6.08 Å². The molecule has 0 saturated carbocycles. The fraction of sp³-hybridized carbons (Fsp3) is 0.409. The Kier molecular flexibility index (Phi) is 4.68. The number of anilines is 1. The smallest absolute Gasteiger partial charge is 0.246 e. The molecule has 0 N–H and O–H groups in total. The van der Waals surface area contributed by atoms with Gasteiger partial charge in [0, 0.05) is 44.9 Å². The molecule has 27 heavy (non-hydrogen) atoms. The van der Waals surface area contributed by atoms with Crippen molar-refractivity contribution < 1.29 is 4.79 Å². The second kappa shape index (κ2) is 7.14. The number of amides is 1. The van der Waals surface area contributed by atoms with Gasteiger partial charge in [-0.15, -0.1) is 0 Å². The SMILES string of the molecule is CN(C)c1ncc2c(n1)C1(CCCN(C(=O)/C=C/c3ccccc3)C1)CC2. The quantitative estimate of drug-likeness (QED) is 0.788. The lowest BCUT2D eigenvalue weighted by Crippen LogP contribution is -2.47. The summed E-state index contributed by atoms with van der Waals surface area (Å²) in [6, 6.07) is 9.97. The van der Waals surface area contributed by atoms with Crippen LogP contribution in [0, 0.1) is 0 Å². The third kappa shape index (κ3) is 3.46. The summed E-state index contributed by atoms with van der Waals surface area (Å²) in [6.07, 6.45) is 9.75. The van der Waals surface area contributed by atoms with Crippen LogP contribution in [0.5, 0.6) is 0 Å². The standard InChI is InChI=1S/C22H26N4O/c1-25(2)21-23-15-18-11-13-22(20(18)24-21)12-6-14-26(16-22)19(27)10-9-17-7-4-3-5-8-17/h3-5,7-10,15H,6,11-14,16H2,1-2H3/b10-9+. The van der Waals surface area contributed by atoms with E-state index in [4.69, 9.17) is 4.98 Å². The van der Waals surface area contributed by atoms with Gasteiger partial charge in [-0.3, -0.25) is 4.79 Å². The summed E-state index contributed by atoms with van der Waals surface area (Å²) >= 11 is 0. The van der Waals surface area contributed by atoms with Gasteiger partial charge in [0.25, 0.3) is 0 Å². The second-order valence-electron chi connectivity index (χ2n) is 7.83. The van der Waals surface area contributed by atoms with Gasteiger partial charge in [0.15, 0.2) is 0 Å². The number of likely N-dealkylation sites (tertiary alicyclic amines) is 1.